The van der Waals surface area contributed by atoms with E-state index in [4.69, 9.17) is 0 Å². The van der Waals surface area contributed by atoms with Crippen LogP contribution in [0.5, 0.6) is 0 Å². The topological polar surface area (TPSA) is 69.6 Å². The van der Waals surface area contributed by atoms with Gasteiger partial charge in [-0.25, -0.2) is 4.79 Å². The van der Waals surface area contributed by atoms with E-state index < -0.39 is 0 Å². The van der Waals surface area contributed by atoms with E-state index in [0.29, 0.717) is 24.3 Å². The average molecular weight is 395 g/mol. The molecule has 1 atom stereocenters. The summed E-state index contributed by atoms with van der Waals surface area (Å²) >= 11 is 0. The maximum Gasteiger partial charge on any atom is 0.321 e. The van der Waals surface area contributed by atoms with Crippen LogP contribution in [0.4, 0.5) is 10.5 Å². The molecule has 1 aliphatic heterocycles. The first-order chi connectivity index (χ1) is 14.0. The number of ketones is 1. The first kappa shape index (κ1) is 21.1. The predicted octanol–water partition coefficient (Wildman–Crippen LogP) is 4.52. The van der Waals surface area contributed by atoms with Gasteiger partial charge in [-0.3, -0.25) is 4.79 Å². The second-order valence-corrected chi connectivity index (χ2v) is 8.09. The van der Waals surface area contributed by atoms with Crippen molar-refractivity contribution in [2.45, 2.75) is 39.0 Å². The number of likely N-dealkylation sites (tertiary alicyclic amines) is 1. The summed E-state index contributed by atoms with van der Waals surface area (Å²) < 4.78 is 0. The van der Waals surface area contributed by atoms with E-state index >= 15 is 0 Å². The zero-order chi connectivity index (χ0) is 20.7. The van der Waals surface area contributed by atoms with Crippen LogP contribution in [0.15, 0.2) is 54.6 Å². The normalized spacial score (nSPS) is 19.0. The molecule has 5 nitrogen and oxygen atoms in total. The summed E-state index contributed by atoms with van der Waals surface area (Å²) in [5.74, 6) is -0.0308. The Labute approximate surface area is 172 Å². The minimum atomic E-state index is -0.244. The van der Waals surface area contributed by atoms with E-state index in [1.165, 1.54) is 12.5 Å². The Hall–Kier alpha value is -2.66. The molecule has 0 aromatic heterocycles. The van der Waals surface area contributed by atoms with Crippen LogP contribution < -0.4 is 5.32 Å². The molecule has 0 aliphatic carbocycles. The van der Waals surface area contributed by atoms with Gasteiger partial charge in [0.05, 0.1) is 6.61 Å². The van der Waals surface area contributed by atoms with Crippen molar-refractivity contribution in [1.29, 1.82) is 0 Å². The smallest absolute Gasteiger partial charge is 0.321 e. The molecule has 1 aliphatic rings. The SMILES string of the molecule is CC(=O)c1cccc(NC(=O)N2CCC[C@](CO)(CCCc3ccccc3)C2)c1. The Balaban J connectivity index is 1.59. The zero-order valence-corrected chi connectivity index (χ0v) is 17.1. The minimum Gasteiger partial charge on any atom is -0.396 e. The van der Waals surface area contributed by atoms with Crippen LogP contribution in [-0.4, -0.2) is 41.5 Å². The number of hydrogen-bond donors (Lipinski definition) is 2. The van der Waals surface area contributed by atoms with E-state index in [9.17, 15) is 14.7 Å². The van der Waals surface area contributed by atoms with Gasteiger partial charge in [-0.05, 0) is 56.7 Å². The lowest BCUT2D eigenvalue weighted by Crippen LogP contribution is -2.49. The number of hydrogen-bond acceptors (Lipinski definition) is 3. The van der Waals surface area contributed by atoms with Crippen LogP contribution in [0.1, 0.15) is 48.5 Å². The molecule has 0 radical (unpaired) electrons. The van der Waals surface area contributed by atoms with Crippen molar-refractivity contribution in [2.75, 3.05) is 25.0 Å². The van der Waals surface area contributed by atoms with Gasteiger partial charge in [-0.2, -0.15) is 0 Å². The molecule has 1 saturated heterocycles. The lowest BCUT2D eigenvalue weighted by Gasteiger charge is -2.42. The Morgan fingerprint density at radius 1 is 1.14 bits per heavy atom. The van der Waals surface area contributed by atoms with Gasteiger partial charge in [0.15, 0.2) is 5.78 Å². The van der Waals surface area contributed by atoms with Gasteiger partial charge < -0.3 is 15.3 Å². The number of piperidine rings is 1. The van der Waals surface area contributed by atoms with Gasteiger partial charge >= 0.3 is 6.03 Å². The summed E-state index contributed by atoms with van der Waals surface area (Å²) in [6, 6.07) is 17.2. The lowest BCUT2D eigenvalue weighted by atomic mass is 9.76. The number of nitrogens with one attached hydrogen (secondary N) is 1. The number of urea groups is 1. The third-order valence-electron chi connectivity index (χ3n) is 5.82. The van der Waals surface area contributed by atoms with Gasteiger partial charge in [-0.15, -0.1) is 0 Å². The summed E-state index contributed by atoms with van der Waals surface area (Å²) in [5, 5.41) is 13.0. The molecule has 0 unspecified atom stereocenters. The first-order valence-electron chi connectivity index (χ1n) is 10.3. The number of nitrogens with zero attached hydrogens (tertiary/aromatic N) is 1. The minimum absolute atomic E-state index is 0.0308. The van der Waals surface area contributed by atoms with Crippen LogP contribution >= 0.6 is 0 Å². The number of benzene rings is 2. The number of anilines is 1. The fourth-order valence-electron chi connectivity index (χ4n) is 4.12. The largest absolute Gasteiger partial charge is 0.396 e. The van der Waals surface area contributed by atoms with Crippen LogP contribution in [0.3, 0.4) is 0 Å². The van der Waals surface area contributed by atoms with Gasteiger partial charge in [0.1, 0.15) is 0 Å². The van der Waals surface area contributed by atoms with Gasteiger partial charge in [0.25, 0.3) is 0 Å². The maximum absolute atomic E-state index is 12.8. The number of Topliss-reactive ketones (excluding diaryl/α,β-unsaturated/α-hetero) is 1. The highest BCUT2D eigenvalue weighted by Crippen LogP contribution is 2.35. The molecular formula is C24H30N2O3. The maximum atomic E-state index is 12.8. The molecule has 1 heterocycles. The lowest BCUT2D eigenvalue weighted by molar-refractivity contribution is 0.0413. The average Bonchev–Trinajstić information content (AvgIpc) is 2.75. The van der Waals surface area contributed by atoms with Crippen molar-refractivity contribution in [3.05, 3.63) is 65.7 Å². The number of aryl methyl sites for hydroxylation is 1. The van der Waals surface area contributed by atoms with Crippen LogP contribution in [0.25, 0.3) is 0 Å². The number of aliphatic hydroxyl groups is 1. The van der Waals surface area contributed by atoms with Crippen molar-refractivity contribution in [3.63, 3.8) is 0 Å². The van der Waals surface area contributed by atoms with Crippen molar-refractivity contribution >= 4 is 17.5 Å². The predicted molar refractivity (Wildman–Crippen MR) is 115 cm³/mol. The van der Waals surface area contributed by atoms with E-state index in [2.05, 4.69) is 17.4 Å². The third kappa shape index (κ3) is 5.67. The molecule has 2 amide bonds. The van der Waals surface area contributed by atoms with Gasteiger partial charge in [-0.1, -0.05) is 42.5 Å². The van der Waals surface area contributed by atoms with Crippen LogP contribution in [-0.2, 0) is 6.42 Å². The molecule has 29 heavy (non-hydrogen) atoms. The Kier molecular flexibility index (Phi) is 7.04. The molecule has 1 fully saturated rings. The number of rotatable bonds is 7. The highest BCUT2D eigenvalue weighted by atomic mass is 16.3. The Morgan fingerprint density at radius 3 is 2.66 bits per heavy atom. The second kappa shape index (κ2) is 9.70. The zero-order valence-electron chi connectivity index (χ0n) is 17.1. The van der Waals surface area contributed by atoms with Crippen molar-refractivity contribution < 1.29 is 14.7 Å². The summed E-state index contributed by atoms with van der Waals surface area (Å²) in [6.07, 6.45) is 4.67. The van der Waals surface area contributed by atoms with E-state index in [-0.39, 0.29) is 23.8 Å². The molecule has 0 saturated carbocycles. The van der Waals surface area contributed by atoms with Crippen molar-refractivity contribution in [2.24, 2.45) is 5.41 Å². The summed E-state index contributed by atoms with van der Waals surface area (Å²) in [6.45, 7) is 2.83. The number of amides is 2. The Bertz CT molecular complexity index is 837. The monoisotopic (exact) mass is 394 g/mol. The standard InChI is InChI=1S/C24H30N2O3/c1-19(28)21-11-5-12-22(16-21)25-23(29)26-15-7-14-24(17-26,18-27)13-6-10-20-8-3-2-4-9-20/h2-5,8-9,11-12,16,27H,6-7,10,13-15,17-18H2,1H3,(H,25,29)/t24-/m1/s1. The molecule has 0 spiro atoms. The summed E-state index contributed by atoms with van der Waals surface area (Å²) in [7, 11) is 0. The van der Waals surface area contributed by atoms with E-state index in [0.717, 1.165) is 32.1 Å². The summed E-state index contributed by atoms with van der Waals surface area (Å²) in [4.78, 5) is 26.2. The fourth-order valence-corrected chi connectivity index (χ4v) is 4.12. The van der Waals surface area contributed by atoms with Crippen LogP contribution in [0, 0.1) is 5.41 Å². The molecular weight excluding hydrogens is 364 g/mol. The molecule has 0 bridgehead atoms. The third-order valence-corrected chi connectivity index (χ3v) is 5.82. The van der Waals surface area contributed by atoms with Crippen molar-refractivity contribution in [1.82, 2.24) is 4.90 Å². The van der Waals surface area contributed by atoms with E-state index in [1.54, 1.807) is 29.2 Å². The molecule has 3 rings (SSSR count). The van der Waals surface area contributed by atoms with E-state index in [1.807, 2.05) is 18.2 Å². The van der Waals surface area contributed by atoms with Gasteiger partial charge in [0, 0.05) is 29.8 Å². The second-order valence-electron chi connectivity index (χ2n) is 8.09. The molecule has 5 heteroatoms. The van der Waals surface area contributed by atoms with Crippen LogP contribution in [0.2, 0.25) is 0 Å². The molecule has 2 N–H and O–H groups in total. The number of aliphatic hydroxyl groups excluding tert-OH is 1. The Morgan fingerprint density at radius 2 is 1.93 bits per heavy atom. The fraction of sp³-hybridized carbons (Fsp3) is 0.417. The number of carbonyl (C=O) groups excluding carboxylic acids is 2. The van der Waals surface area contributed by atoms with Crippen molar-refractivity contribution in [3.8, 4) is 0 Å². The molecule has 2 aromatic carbocycles. The first-order valence-corrected chi connectivity index (χ1v) is 10.3. The number of carbonyl (C=O) groups is 2. The summed E-state index contributed by atoms with van der Waals surface area (Å²) in [5.41, 5.74) is 2.25. The van der Waals surface area contributed by atoms with Gasteiger partial charge in [0.2, 0.25) is 0 Å². The quantitative estimate of drug-likeness (QED) is 0.679. The molecule has 154 valence electrons. The molecule has 2 aromatic rings. The highest BCUT2D eigenvalue weighted by Gasteiger charge is 2.36. The highest BCUT2D eigenvalue weighted by molar-refractivity contribution is 5.96.